The fourth-order valence-corrected chi connectivity index (χ4v) is 1.74. The predicted octanol–water partition coefficient (Wildman–Crippen LogP) is 1.21. The standard InChI is InChI=1S/C11H19NO3/c1-7(2)5-12(6-10(13)14)11(15)9-4-8(9)3/h7-9H,4-6H2,1-3H3,(H,13,14). The first-order chi connectivity index (χ1) is 6.91. The molecule has 2 unspecified atom stereocenters. The second-order valence-corrected chi connectivity index (χ2v) is 4.83. The van der Waals surface area contributed by atoms with Gasteiger partial charge in [0.1, 0.15) is 6.54 Å². The second kappa shape index (κ2) is 4.64. The largest absolute Gasteiger partial charge is 0.480 e. The van der Waals surface area contributed by atoms with Gasteiger partial charge in [0.2, 0.25) is 5.91 Å². The molecule has 1 N–H and O–H groups in total. The van der Waals surface area contributed by atoms with Gasteiger partial charge in [-0.15, -0.1) is 0 Å². The van der Waals surface area contributed by atoms with Gasteiger partial charge in [0, 0.05) is 12.5 Å². The number of carbonyl (C=O) groups excluding carboxylic acids is 1. The van der Waals surface area contributed by atoms with Crippen LogP contribution in [0, 0.1) is 17.8 Å². The van der Waals surface area contributed by atoms with Crippen LogP contribution in [0.1, 0.15) is 27.2 Å². The first kappa shape index (κ1) is 12.0. The lowest BCUT2D eigenvalue weighted by Gasteiger charge is -2.22. The van der Waals surface area contributed by atoms with Gasteiger partial charge in [0.05, 0.1) is 0 Å². The maximum atomic E-state index is 11.8. The SMILES string of the molecule is CC(C)CN(CC(=O)O)C(=O)C1CC1C. The van der Waals surface area contributed by atoms with Crippen molar-refractivity contribution in [1.29, 1.82) is 0 Å². The quantitative estimate of drug-likeness (QED) is 0.746. The van der Waals surface area contributed by atoms with Crippen LogP contribution in [-0.4, -0.2) is 35.0 Å². The molecule has 0 aromatic heterocycles. The monoisotopic (exact) mass is 213 g/mol. The molecule has 0 aromatic rings. The maximum absolute atomic E-state index is 11.8. The van der Waals surface area contributed by atoms with Crippen molar-refractivity contribution in [3.05, 3.63) is 0 Å². The van der Waals surface area contributed by atoms with E-state index >= 15 is 0 Å². The molecule has 1 saturated carbocycles. The smallest absolute Gasteiger partial charge is 0.323 e. The van der Waals surface area contributed by atoms with Gasteiger partial charge < -0.3 is 10.0 Å². The molecule has 0 spiro atoms. The van der Waals surface area contributed by atoms with Crippen molar-refractivity contribution < 1.29 is 14.7 Å². The third-order valence-electron chi connectivity index (χ3n) is 2.65. The highest BCUT2D eigenvalue weighted by atomic mass is 16.4. The van der Waals surface area contributed by atoms with Gasteiger partial charge in [-0.25, -0.2) is 0 Å². The number of nitrogens with zero attached hydrogens (tertiary/aromatic N) is 1. The van der Waals surface area contributed by atoms with E-state index in [0.717, 1.165) is 6.42 Å². The summed E-state index contributed by atoms with van der Waals surface area (Å²) in [5.74, 6) is -0.109. The van der Waals surface area contributed by atoms with E-state index in [-0.39, 0.29) is 18.4 Å². The molecular formula is C11H19NO3. The Bertz CT molecular complexity index is 263. The summed E-state index contributed by atoms with van der Waals surface area (Å²) >= 11 is 0. The van der Waals surface area contributed by atoms with Crippen LogP contribution < -0.4 is 0 Å². The van der Waals surface area contributed by atoms with Gasteiger partial charge >= 0.3 is 5.97 Å². The molecule has 1 aliphatic rings. The second-order valence-electron chi connectivity index (χ2n) is 4.83. The van der Waals surface area contributed by atoms with E-state index in [2.05, 4.69) is 0 Å². The zero-order chi connectivity index (χ0) is 11.6. The molecule has 0 heterocycles. The Kier molecular flexibility index (Phi) is 3.72. The lowest BCUT2D eigenvalue weighted by molar-refractivity contribution is -0.145. The summed E-state index contributed by atoms with van der Waals surface area (Å²) in [5, 5.41) is 8.72. The number of hydrogen-bond donors (Lipinski definition) is 1. The van der Waals surface area contributed by atoms with Crippen LogP contribution >= 0.6 is 0 Å². The summed E-state index contributed by atoms with van der Waals surface area (Å²) in [6.45, 7) is 6.36. The number of carboxylic acid groups (broad SMARTS) is 1. The van der Waals surface area contributed by atoms with Gasteiger partial charge in [-0.3, -0.25) is 9.59 Å². The van der Waals surface area contributed by atoms with E-state index in [1.807, 2.05) is 20.8 Å². The van der Waals surface area contributed by atoms with Gasteiger partial charge in [0.25, 0.3) is 0 Å². The number of hydrogen-bond acceptors (Lipinski definition) is 2. The Hall–Kier alpha value is -1.06. The summed E-state index contributed by atoms with van der Waals surface area (Å²) in [6.07, 6.45) is 0.910. The third-order valence-corrected chi connectivity index (χ3v) is 2.65. The average molecular weight is 213 g/mol. The van der Waals surface area contributed by atoms with Gasteiger partial charge in [0.15, 0.2) is 0 Å². The summed E-state index contributed by atoms with van der Waals surface area (Å²) in [6, 6.07) is 0. The lowest BCUT2D eigenvalue weighted by atomic mass is 10.2. The molecule has 0 radical (unpaired) electrons. The first-order valence-electron chi connectivity index (χ1n) is 5.42. The van der Waals surface area contributed by atoms with Gasteiger partial charge in [-0.1, -0.05) is 20.8 Å². The molecule has 4 nitrogen and oxygen atoms in total. The van der Waals surface area contributed by atoms with Crippen LogP contribution in [0.25, 0.3) is 0 Å². The average Bonchev–Trinajstić information content (AvgIpc) is 2.78. The summed E-state index contributed by atoms with van der Waals surface area (Å²) in [4.78, 5) is 23.9. The van der Waals surface area contributed by atoms with E-state index in [4.69, 9.17) is 5.11 Å². The van der Waals surface area contributed by atoms with Crippen molar-refractivity contribution in [3.8, 4) is 0 Å². The minimum absolute atomic E-state index is 0.0126. The van der Waals surface area contributed by atoms with Crippen LogP contribution in [0.2, 0.25) is 0 Å². The molecular weight excluding hydrogens is 194 g/mol. The van der Waals surface area contributed by atoms with E-state index in [9.17, 15) is 9.59 Å². The number of rotatable bonds is 5. The Balaban J connectivity index is 2.54. The van der Waals surface area contributed by atoms with Gasteiger partial charge in [-0.2, -0.15) is 0 Å². The first-order valence-corrected chi connectivity index (χ1v) is 5.42. The Morgan fingerprint density at radius 2 is 2.00 bits per heavy atom. The number of carbonyl (C=O) groups is 2. The summed E-state index contributed by atoms with van der Waals surface area (Å²) in [7, 11) is 0. The molecule has 0 aliphatic heterocycles. The number of aliphatic carboxylic acids is 1. The Morgan fingerprint density at radius 3 is 2.33 bits per heavy atom. The van der Waals surface area contributed by atoms with E-state index < -0.39 is 5.97 Å². The molecule has 2 atom stereocenters. The zero-order valence-electron chi connectivity index (χ0n) is 9.56. The number of amides is 1. The highest BCUT2D eigenvalue weighted by Gasteiger charge is 2.41. The number of carboxylic acids is 1. The molecule has 86 valence electrons. The molecule has 1 rings (SSSR count). The third kappa shape index (κ3) is 3.53. The van der Waals surface area contributed by atoms with Crippen molar-refractivity contribution in [2.75, 3.05) is 13.1 Å². The minimum atomic E-state index is -0.933. The molecule has 1 aliphatic carbocycles. The van der Waals surface area contributed by atoms with Gasteiger partial charge in [-0.05, 0) is 18.3 Å². The molecule has 0 aromatic carbocycles. The van der Waals surface area contributed by atoms with Crippen LogP contribution in [0.5, 0.6) is 0 Å². The van der Waals surface area contributed by atoms with Crippen LogP contribution in [-0.2, 0) is 9.59 Å². The highest BCUT2D eigenvalue weighted by molar-refractivity contribution is 5.85. The Morgan fingerprint density at radius 1 is 1.47 bits per heavy atom. The highest BCUT2D eigenvalue weighted by Crippen LogP contribution is 2.39. The van der Waals surface area contributed by atoms with Crippen molar-refractivity contribution in [1.82, 2.24) is 4.90 Å². The normalized spacial score (nSPS) is 24.0. The molecule has 4 heteroatoms. The summed E-state index contributed by atoms with van der Waals surface area (Å²) in [5.41, 5.74) is 0. The van der Waals surface area contributed by atoms with Crippen LogP contribution in [0.3, 0.4) is 0 Å². The van der Waals surface area contributed by atoms with Crippen LogP contribution in [0.4, 0.5) is 0 Å². The van der Waals surface area contributed by atoms with E-state index in [1.165, 1.54) is 4.90 Å². The van der Waals surface area contributed by atoms with E-state index in [1.54, 1.807) is 0 Å². The molecule has 0 saturated heterocycles. The van der Waals surface area contributed by atoms with Crippen molar-refractivity contribution in [2.24, 2.45) is 17.8 Å². The predicted molar refractivity (Wildman–Crippen MR) is 56.3 cm³/mol. The van der Waals surface area contributed by atoms with E-state index in [0.29, 0.717) is 18.4 Å². The summed E-state index contributed by atoms with van der Waals surface area (Å²) < 4.78 is 0. The van der Waals surface area contributed by atoms with Crippen molar-refractivity contribution in [3.63, 3.8) is 0 Å². The topological polar surface area (TPSA) is 57.6 Å². The fourth-order valence-electron chi connectivity index (χ4n) is 1.74. The Labute approximate surface area is 90.3 Å². The lowest BCUT2D eigenvalue weighted by Crippen LogP contribution is -2.39. The molecule has 15 heavy (non-hydrogen) atoms. The van der Waals surface area contributed by atoms with Crippen molar-refractivity contribution in [2.45, 2.75) is 27.2 Å². The maximum Gasteiger partial charge on any atom is 0.323 e. The molecule has 1 amide bonds. The fraction of sp³-hybridized carbons (Fsp3) is 0.818. The molecule has 0 bridgehead atoms. The van der Waals surface area contributed by atoms with Crippen molar-refractivity contribution >= 4 is 11.9 Å². The molecule has 1 fully saturated rings. The minimum Gasteiger partial charge on any atom is -0.480 e. The van der Waals surface area contributed by atoms with Crippen LogP contribution in [0.15, 0.2) is 0 Å². The zero-order valence-corrected chi connectivity index (χ0v) is 9.56.